The van der Waals surface area contributed by atoms with Crippen molar-refractivity contribution in [3.8, 4) is 0 Å². The van der Waals surface area contributed by atoms with Crippen LogP contribution in [0.3, 0.4) is 0 Å². The molecule has 0 bridgehead atoms. The summed E-state index contributed by atoms with van der Waals surface area (Å²) in [4.78, 5) is 15.3. The van der Waals surface area contributed by atoms with Crippen molar-refractivity contribution < 1.29 is 22.7 Å². The number of ether oxygens (including phenoxy) is 2. The lowest BCUT2D eigenvalue weighted by Gasteiger charge is -2.31. The average molecular weight is 401 g/mol. The molecule has 26 heavy (non-hydrogen) atoms. The number of thiophene rings is 1. The van der Waals surface area contributed by atoms with E-state index >= 15 is 0 Å². The van der Waals surface area contributed by atoms with Crippen molar-refractivity contribution in [1.82, 2.24) is 9.62 Å². The highest BCUT2D eigenvalue weighted by molar-refractivity contribution is 7.88. The minimum Gasteiger partial charge on any atom is -0.377 e. The van der Waals surface area contributed by atoms with Gasteiger partial charge in [-0.2, -0.15) is 0 Å². The van der Waals surface area contributed by atoms with Crippen molar-refractivity contribution in [1.29, 1.82) is 0 Å². The molecule has 7 nitrogen and oxygen atoms in total. The van der Waals surface area contributed by atoms with Gasteiger partial charge in [-0.15, -0.1) is 11.3 Å². The topological polar surface area (TPSA) is 84.9 Å². The first kappa shape index (κ1) is 19.5. The molecule has 2 atom stereocenters. The molecule has 2 aliphatic heterocycles. The summed E-state index contributed by atoms with van der Waals surface area (Å²) in [6.07, 6.45) is 5.81. The van der Waals surface area contributed by atoms with Gasteiger partial charge in [-0.3, -0.25) is 4.79 Å². The zero-order valence-corrected chi connectivity index (χ0v) is 16.4. The minimum atomic E-state index is -3.25. The lowest BCUT2D eigenvalue weighted by molar-refractivity contribution is -0.130. The summed E-state index contributed by atoms with van der Waals surface area (Å²) in [5.74, 6) is -0.0652. The average Bonchev–Trinajstić information content (AvgIpc) is 3.18. The fraction of sp³-hybridized carbons (Fsp3) is 0.588. The molecule has 2 fully saturated rings. The molecule has 0 radical (unpaired) electrons. The minimum absolute atomic E-state index is 0.0652. The second-order valence-electron chi connectivity index (χ2n) is 6.74. The first-order chi connectivity index (χ1) is 12.4. The number of sulfonamides is 1. The summed E-state index contributed by atoms with van der Waals surface area (Å²) in [7, 11) is -3.25. The molecule has 1 spiro atoms. The molecule has 9 heteroatoms. The quantitative estimate of drug-likeness (QED) is 0.748. The molecule has 1 aromatic heterocycles. The van der Waals surface area contributed by atoms with E-state index in [0.717, 1.165) is 24.0 Å². The Morgan fingerprint density at radius 1 is 1.54 bits per heavy atom. The fourth-order valence-corrected chi connectivity index (χ4v) is 4.35. The Labute approximate surface area is 158 Å². The number of hydrogen-bond acceptors (Lipinski definition) is 6. The molecule has 0 aliphatic carbocycles. The molecule has 1 amide bonds. The van der Waals surface area contributed by atoms with Crippen LogP contribution >= 0.6 is 11.3 Å². The molecule has 2 saturated heterocycles. The van der Waals surface area contributed by atoms with Crippen molar-refractivity contribution in [2.45, 2.75) is 24.5 Å². The monoisotopic (exact) mass is 400 g/mol. The van der Waals surface area contributed by atoms with Gasteiger partial charge in [-0.1, -0.05) is 6.07 Å². The van der Waals surface area contributed by atoms with Gasteiger partial charge in [0.2, 0.25) is 15.9 Å². The van der Waals surface area contributed by atoms with E-state index in [-0.39, 0.29) is 18.6 Å². The number of carbonyl (C=O) groups excluding carboxylic acids is 1. The molecule has 3 heterocycles. The first-order valence-electron chi connectivity index (χ1n) is 8.56. The van der Waals surface area contributed by atoms with Gasteiger partial charge in [-0.25, -0.2) is 13.1 Å². The molecular weight excluding hydrogens is 376 g/mol. The zero-order valence-electron chi connectivity index (χ0n) is 14.7. The molecule has 2 aliphatic rings. The second kappa shape index (κ2) is 8.18. The highest BCUT2D eigenvalue weighted by Crippen LogP contribution is 2.33. The highest BCUT2D eigenvalue weighted by Gasteiger charge is 2.43. The Morgan fingerprint density at radius 2 is 2.38 bits per heavy atom. The summed E-state index contributed by atoms with van der Waals surface area (Å²) in [5, 5.41) is 1.97. The van der Waals surface area contributed by atoms with E-state index in [1.165, 1.54) is 0 Å². The van der Waals surface area contributed by atoms with Gasteiger partial charge in [0.1, 0.15) is 5.60 Å². The number of nitrogens with one attached hydrogen (secondary N) is 1. The third-order valence-corrected chi connectivity index (χ3v) is 6.04. The van der Waals surface area contributed by atoms with Crippen LogP contribution in [0.4, 0.5) is 0 Å². The van der Waals surface area contributed by atoms with Gasteiger partial charge in [-0.05, 0) is 30.4 Å². The largest absolute Gasteiger partial charge is 0.377 e. The van der Waals surface area contributed by atoms with Crippen LogP contribution in [0.25, 0.3) is 6.08 Å². The lowest BCUT2D eigenvalue weighted by atomic mass is 10.00. The number of amides is 1. The van der Waals surface area contributed by atoms with E-state index in [0.29, 0.717) is 26.3 Å². The van der Waals surface area contributed by atoms with E-state index in [4.69, 9.17) is 9.47 Å². The number of nitrogens with zero attached hydrogens (tertiary/aromatic N) is 1. The maximum atomic E-state index is 12.6. The van der Waals surface area contributed by atoms with E-state index in [9.17, 15) is 13.2 Å². The summed E-state index contributed by atoms with van der Waals surface area (Å²) in [6.45, 7) is 2.10. The first-order valence-corrected chi connectivity index (χ1v) is 11.3. The molecule has 0 aromatic carbocycles. The molecular formula is C17H24N2O5S2. The van der Waals surface area contributed by atoms with Crippen LogP contribution in [-0.2, 0) is 24.3 Å². The van der Waals surface area contributed by atoms with Crippen molar-refractivity contribution in [3.63, 3.8) is 0 Å². The lowest BCUT2D eigenvalue weighted by Crippen LogP contribution is -2.47. The number of carbonyl (C=O) groups is 1. The molecule has 3 rings (SSSR count). The van der Waals surface area contributed by atoms with Gasteiger partial charge in [0.25, 0.3) is 0 Å². The Kier molecular flexibility index (Phi) is 6.13. The van der Waals surface area contributed by atoms with E-state index in [1.54, 1.807) is 22.3 Å². The van der Waals surface area contributed by atoms with Crippen LogP contribution in [0.15, 0.2) is 23.6 Å². The second-order valence-corrected chi connectivity index (χ2v) is 9.56. The SMILES string of the molecule is CS(=O)(=O)NC[C@H]1CC[C@@]2(COCCN(C(=O)/C=C/c3cccs3)C2)O1. The summed E-state index contributed by atoms with van der Waals surface area (Å²) < 4.78 is 36.8. The highest BCUT2D eigenvalue weighted by atomic mass is 32.2. The predicted octanol–water partition coefficient (Wildman–Crippen LogP) is 1.09. The van der Waals surface area contributed by atoms with E-state index < -0.39 is 15.6 Å². The normalized spacial score (nSPS) is 27.3. The third kappa shape index (κ3) is 5.37. The van der Waals surface area contributed by atoms with Crippen molar-refractivity contribution in [3.05, 3.63) is 28.5 Å². The maximum absolute atomic E-state index is 12.6. The summed E-state index contributed by atoms with van der Waals surface area (Å²) in [6, 6.07) is 3.90. The van der Waals surface area contributed by atoms with Crippen LogP contribution < -0.4 is 4.72 Å². The zero-order chi connectivity index (χ0) is 18.6. The van der Waals surface area contributed by atoms with Gasteiger partial charge >= 0.3 is 0 Å². The van der Waals surface area contributed by atoms with Gasteiger partial charge < -0.3 is 14.4 Å². The Balaban J connectivity index is 1.61. The van der Waals surface area contributed by atoms with Crippen molar-refractivity contribution >= 4 is 33.3 Å². The smallest absolute Gasteiger partial charge is 0.246 e. The van der Waals surface area contributed by atoms with Gasteiger partial charge in [0.05, 0.1) is 32.1 Å². The van der Waals surface area contributed by atoms with Crippen LogP contribution in [0.2, 0.25) is 0 Å². The van der Waals surface area contributed by atoms with Crippen LogP contribution in [0, 0.1) is 0 Å². The van der Waals surface area contributed by atoms with Crippen molar-refractivity contribution in [2.24, 2.45) is 0 Å². The standard InChI is InChI=1S/C17H24N2O5S2/c1-26(21,22)18-11-14-6-7-17(24-14)12-19(8-9-23-13-17)16(20)5-4-15-3-2-10-25-15/h2-5,10,14,18H,6-9,11-13H2,1H3/b5-4+/t14-,17-/m1/s1. The molecule has 1 N–H and O–H groups in total. The molecule has 0 unspecified atom stereocenters. The van der Waals surface area contributed by atoms with E-state index in [2.05, 4.69) is 4.72 Å². The van der Waals surface area contributed by atoms with Crippen LogP contribution in [0.5, 0.6) is 0 Å². The molecule has 1 aromatic rings. The molecule has 0 saturated carbocycles. The summed E-state index contributed by atoms with van der Waals surface area (Å²) >= 11 is 1.58. The number of rotatable bonds is 5. The summed E-state index contributed by atoms with van der Waals surface area (Å²) in [5.41, 5.74) is -0.563. The van der Waals surface area contributed by atoms with Gasteiger partial charge in [0, 0.05) is 24.0 Å². The Bertz CT molecular complexity index is 747. The third-order valence-electron chi connectivity index (χ3n) is 4.51. The number of hydrogen-bond donors (Lipinski definition) is 1. The molecule has 144 valence electrons. The Hall–Kier alpha value is -1.26. The van der Waals surface area contributed by atoms with Crippen LogP contribution in [-0.4, -0.2) is 70.0 Å². The van der Waals surface area contributed by atoms with Gasteiger partial charge in [0.15, 0.2) is 0 Å². The fourth-order valence-electron chi connectivity index (χ4n) is 3.24. The Morgan fingerprint density at radius 3 is 3.12 bits per heavy atom. The predicted molar refractivity (Wildman–Crippen MR) is 100 cm³/mol. The maximum Gasteiger partial charge on any atom is 0.246 e. The van der Waals surface area contributed by atoms with E-state index in [1.807, 2.05) is 23.6 Å². The van der Waals surface area contributed by atoms with Crippen LogP contribution in [0.1, 0.15) is 17.7 Å². The van der Waals surface area contributed by atoms with Crippen molar-refractivity contribution in [2.75, 3.05) is 39.1 Å².